The van der Waals surface area contributed by atoms with Crippen molar-refractivity contribution in [3.8, 4) is 0 Å². The predicted octanol–water partition coefficient (Wildman–Crippen LogP) is 2.50. The molecule has 0 unspecified atom stereocenters. The summed E-state index contributed by atoms with van der Waals surface area (Å²) in [4.78, 5) is 16.8. The summed E-state index contributed by atoms with van der Waals surface area (Å²) in [6.07, 6.45) is 3.37. The van der Waals surface area contributed by atoms with Gasteiger partial charge in [-0.25, -0.2) is 15.0 Å². The molecule has 5 heteroatoms. The summed E-state index contributed by atoms with van der Waals surface area (Å²) in [5.74, 6) is 0. The van der Waals surface area contributed by atoms with E-state index in [1.54, 1.807) is 12.5 Å². The maximum atomic E-state index is 4.34. The zero-order chi connectivity index (χ0) is 10.8. The number of hydrogen-bond acceptors (Lipinski definition) is 4. The maximum Gasteiger partial charge on any atom is 0.194 e. The Morgan fingerprint density at radius 1 is 1.06 bits per heavy atom. The van der Waals surface area contributed by atoms with E-state index in [2.05, 4.69) is 19.9 Å². The molecule has 0 fully saturated rings. The highest BCUT2D eigenvalue weighted by molar-refractivity contribution is 7.99. The second kappa shape index (κ2) is 3.94. The molecule has 0 saturated carbocycles. The number of rotatable bonds is 2. The first-order valence-corrected chi connectivity index (χ1v) is 5.62. The lowest BCUT2D eigenvalue weighted by atomic mass is 10.4. The van der Waals surface area contributed by atoms with Gasteiger partial charge in [0, 0.05) is 4.90 Å². The molecule has 0 radical (unpaired) electrons. The summed E-state index contributed by atoms with van der Waals surface area (Å²) in [7, 11) is 0. The van der Waals surface area contributed by atoms with Crippen molar-refractivity contribution in [1.82, 2.24) is 19.9 Å². The Kier molecular flexibility index (Phi) is 2.30. The van der Waals surface area contributed by atoms with Crippen LogP contribution in [0.2, 0.25) is 0 Å². The van der Waals surface area contributed by atoms with Crippen molar-refractivity contribution in [3.63, 3.8) is 0 Å². The molecular formula is C11H8N4S. The van der Waals surface area contributed by atoms with Crippen molar-refractivity contribution in [1.29, 1.82) is 0 Å². The largest absolute Gasteiger partial charge is 0.342 e. The molecule has 1 N–H and O–H groups in total. The van der Waals surface area contributed by atoms with Crippen molar-refractivity contribution in [2.75, 3.05) is 0 Å². The van der Waals surface area contributed by atoms with Gasteiger partial charge in [-0.2, -0.15) is 0 Å². The Balaban J connectivity index is 1.94. The second-order valence-corrected chi connectivity index (χ2v) is 4.25. The van der Waals surface area contributed by atoms with E-state index in [1.807, 2.05) is 30.3 Å². The molecule has 0 aliphatic carbocycles. The van der Waals surface area contributed by atoms with Gasteiger partial charge in [0.15, 0.2) is 10.8 Å². The molecule has 0 aliphatic rings. The highest BCUT2D eigenvalue weighted by Crippen LogP contribution is 2.24. The zero-order valence-electron chi connectivity index (χ0n) is 8.29. The van der Waals surface area contributed by atoms with Gasteiger partial charge in [-0.3, -0.25) is 0 Å². The van der Waals surface area contributed by atoms with E-state index >= 15 is 0 Å². The lowest BCUT2D eigenvalue weighted by Crippen LogP contribution is -1.86. The zero-order valence-corrected chi connectivity index (χ0v) is 9.11. The molecule has 78 valence electrons. The van der Waals surface area contributed by atoms with Gasteiger partial charge in [0.1, 0.15) is 5.52 Å². The first-order chi connectivity index (χ1) is 7.92. The molecule has 0 bridgehead atoms. The Morgan fingerprint density at radius 3 is 2.81 bits per heavy atom. The fraction of sp³-hybridized carbons (Fsp3) is 0. The molecule has 0 saturated heterocycles. The van der Waals surface area contributed by atoms with Crippen LogP contribution in [0.15, 0.2) is 52.9 Å². The van der Waals surface area contributed by atoms with E-state index in [0.717, 1.165) is 10.4 Å². The molecule has 0 spiro atoms. The van der Waals surface area contributed by atoms with Crippen LogP contribution in [0.25, 0.3) is 11.2 Å². The van der Waals surface area contributed by atoms with Crippen LogP contribution in [0.5, 0.6) is 0 Å². The van der Waals surface area contributed by atoms with Gasteiger partial charge in [-0.1, -0.05) is 18.2 Å². The van der Waals surface area contributed by atoms with Gasteiger partial charge in [-0.15, -0.1) is 0 Å². The van der Waals surface area contributed by atoms with Crippen molar-refractivity contribution in [2.24, 2.45) is 0 Å². The van der Waals surface area contributed by atoms with Gasteiger partial charge in [0.25, 0.3) is 0 Å². The highest BCUT2D eigenvalue weighted by atomic mass is 32.2. The van der Waals surface area contributed by atoms with Crippen LogP contribution in [0.3, 0.4) is 0 Å². The fourth-order valence-corrected chi connectivity index (χ4v) is 2.11. The third-order valence-electron chi connectivity index (χ3n) is 2.11. The first kappa shape index (κ1) is 9.35. The molecule has 4 nitrogen and oxygen atoms in total. The van der Waals surface area contributed by atoms with Crippen molar-refractivity contribution in [3.05, 3.63) is 42.9 Å². The summed E-state index contributed by atoms with van der Waals surface area (Å²) < 4.78 is 0. The van der Waals surface area contributed by atoms with Crippen LogP contribution in [0.1, 0.15) is 0 Å². The average molecular weight is 228 g/mol. The minimum absolute atomic E-state index is 0.702. The van der Waals surface area contributed by atoms with Gasteiger partial charge >= 0.3 is 0 Å². The number of imidazole rings is 1. The van der Waals surface area contributed by atoms with Crippen LogP contribution in [0, 0.1) is 0 Å². The van der Waals surface area contributed by atoms with Crippen molar-refractivity contribution in [2.45, 2.75) is 10.1 Å². The van der Waals surface area contributed by atoms with Crippen LogP contribution >= 0.6 is 11.8 Å². The number of benzene rings is 1. The minimum atomic E-state index is 0.702. The number of nitrogens with one attached hydrogen (secondary N) is 1. The van der Waals surface area contributed by atoms with Gasteiger partial charge < -0.3 is 4.98 Å². The van der Waals surface area contributed by atoms with Crippen LogP contribution in [-0.2, 0) is 0 Å². The van der Waals surface area contributed by atoms with Gasteiger partial charge in [0.05, 0.1) is 12.5 Å². The van der Waals surface area contributed by atoms with Gasteiger partial charge in [-0.05, 0) is 23.9 Å². The van der Waals surface area contributed by atoms with E-state index < -0.39 is 0 Å². The Labute approximate surface area is 96.2 Å². The Morgan fingerprint density at radius 2 is 1.94 bits per heavy atom. The Bertz CT molecular complexity index is 605. The Hall–Kier alpha value is -1.88. The fourth-order valence-electron chi connectivity index (χ4n) is 1.36. The normalized spacial score (nSPS) is 10.8. The monoisotopic (exact) mass is 228 g/mol. The van der Waals surface area contributed by atoms with Crippen LogP contribution in [0.4, 0.5) is 0 Å². The summed E-state index contributed by atoms with van der Waals surface area (Å²) in [5.41, 5.74) is 1.56. The molecule has 2 aromatic heterocycles. The number of H-pyrrole nitrogens is 1. The van der Waals surface area contributed by atoms with E-state index in [9.17, 15) is 0 Å². The lowest BCUT2D eigenvalue weighted by molar-refractivity contribution is 0.993. The van der Waals surface area contributed by atoms with E-state index in [4.69, 9.17) is 0 Å². The second-order valence-electron chi connectivity index (χ2n) is 3.21. The quantitative estimate of drug-likeness (QED) is 0.685. The van der Waals surface area contributed by atoms with Crippen LogP contribution in [-0.4, -0.2) is 19.9 Å². The summed E-state index contributed by atoms with van der Waals surface area (Å²) in [6.45, 7) is 0. The molecule has 3 aromatic rings. The molecule has 3 rings (SSSR count). The predicted molar refractivity (Wildman–Crippen MR) is 62.2 cm³/mol. The van der Waals surface area contributed by atoms with Gasteiger partial charge in [0.2, 0.25) is 0 Å². The smallest absolute Gasteiger partial charge is 0.194 e. The van der Waals surface area contributed by atoms with Crippen molar-refractivity contribution < 1.29 is 0 Å². The number of hydrogen-bond donors (Lipinski definition) is 1. The summed E-state index contributed by atoms with van der Waals surface area (Å²) >= 11 is 1.53. The molecular weight excluding hydrogens is 220 g/mol. The van der Waals surface area contributed by atoms with E-state index in [0.29, 0.717) is 10.8 Å². The summed E-state index contributed by atoms with van der Waals surface area (Å²) in [6, 6.07) is 10.0. The molecule has 1 aromatic carbocycles. The van der Waals surface area contributed by atoms with E-state index in [-0.39, 0.29) is 0 Å². The third-order valence-corrected chi connectivity index (χ3v) is 2.99. The molecule has 0 atom stereocenters. The average Bonchev–Trinajstić information content (AvgIpc) is 2.77. The third kappa shape index (κ3) is 1.77. The maximum absolute atomic E-state index is 4.34. The first-order valence-electron chi connectivity index (χ1n) is 4.81. The standard InChI is InChI=1S/C11H8N4S/c1-2-4-8(5-3-1)16-11-12-6-9-10(15-11)14-7-13-9/h1-7H,(H,12,13,14,15). The van der Waals surface area contributed by atoms with Crippen LogP contribution < -0.4 is 0 Å². The molecule has 0 aliphatic heterocycles. The molecule has 16 heavy (non-hydrogen) atoms. The topological polar surface area (TPSA) is 54.5 Å². The number of fused-ring (bicyclic) bond motifs is 1. The molecule has 2 heterocycles. The minimum Gasteiger partial charge on any atom is -0.342 e. The summed E-state index contributed by atoms with van der Waals surface area (Å²) in [5, 5.41) is 0.714. The molecule has 0 amide bonds. The lowest BCUT2D eigenvalue weighted by Gasteiger charge is -1.98. The van der Waals surface area contributed by atoms with E-state index in [1.165, 1.54) is 11.8 Å². The SMILES string of the molecule is c1ccc(Sc2ncc3[nH]cnc3n2)cc1. The number of aromatic amines is 1. The number of aromatic nitrogens is 4. The van der Waals surface area contributed by atoms with Crippen molar-refractivity contribution >= 4 is 22.9 Å². The number of nitrogens with zero attached hydrogens (tertiary/aromatic N) is 3. The highest BCUT2D eigenvalue weighted by Gasteiger charge is 2.03.